The predicted molar refractivity (Wildman–Crippen MR) is 133 cm³/mol. The Kier molecular flexibility index (Phi) is 7.12. The van der Waals surface area contributed by atoms with Crippen molar-refractivity contribution in [2.75, 3.05) is 0 Å². The minimum Gasteiger partial charge on any atom is -0.393 e. The Morgan fingerprint density at radius 1 is 0.971 bits per heavy atom. The zero-order chi connectivity index (χ0) is 25.2. The average molecular weight is 479 g/mol. The molecule has 0 amide bonds. The number of fused-ring (bicyclic) bond motifs is 5. The second-order valence-electron chi connectivity index (χ2n) is 13.6. The van der Waals surface area contributed by atoms with Gasteiger partial charge in [0.1, 0.15) is 5.60 Å². The summed E-state index contributed by atoms with van der Waals surface area (Å²) in [6.07, 6.45) is 4.92. The molecule has 0 aliphatic heterocycles. The summed E-state index contributed by atoms with van der Waals surface area (Å²) in [6.45, 7) is 12.9. The minimum absolute atomic E-state index is 0.00555. The van der Waals surface area contributed by atoms with Gasteiger partial charge in [0.15, 0.2) is 5.78 Å². The van der Waals surface area contributed by atoms with E-state index in [0.29, 0.717) is 42.9 Å². The van der Waals surface area contributed by atoms with Crippen molar-refractivity contribution in [1.29, 1.82) is 0 Å². The van der Waals surface area contributed by atoms with Crippen LogP contribution in [0.5, 0.6) is 0 Å². The van der Waals surface area contributed by atoms with Crippen molar-refractivity contribution in [3.63, 3.8) is 0 Å². The molecule has 4 N–H and O–H groups in total. The predicted octanol–water partition coefficient (Wildman–Crippen LogP) is 4.34. The molecule has 196 valence electrons. The molecule has 0 spiro atoms. The van der Waals surface area contributed by atoms with E-state index >= 15 is 0 Å². The monoisotopic (exact) mass is 478 g/mol. The second kappa shape index (κ2) is 9.11. The van der Waals surface area contributed by atoms with E-state index in [1.807, 2.05) is 0 Å². The molecule has 4 fully saturated rings. The average Bonchev–Trinajstić information content (AvgIpc) is 3.12. The molecule has 0 unspecified atom stereocenters. The number of rotatable bonds is 6. The molecule has 5 heteroatoms. The van der Waals surface area contributed by atoms with E-state index in [1.165, 1.54) is 0 Å². The standard InChI is InChI=1S/C29H50O5/c1-7-19(16(2)3)26(33)25(32)17(4)21-8-9-22-20-14-24(31)29(34)15-18(30)10-13-28(29,6)23(20)11-12-27(21,22)5/h16-23,25-26,30,32-34H,7-15H2,1-6H3/t17-,18-,19-,20-,21+,22-,23-,25-,26-,27+,28+,29-/m0/s1. The number of hydrogen-bond donors (Lipinski definition) is 4. The van der Waals surface area contributed by atoms with E-state index in [4.69, 9.17) is 0 Å². The SMILES string of the molecule is CC[C@@H](C(C)C)[C@H](O)[C@@H](O)[C@@H](C)[C@H]1CC[C@H]2[C@@H]3CC(=O)[C@@]4(O)C[C@@H](O)CC[C@]4(C)[C@H]3CC[C@]12C. The van der Waals surface area contributed by atoms with E-state index in [0.717, 1.165) is 32.1 Å². The first-order chi connectivity index (χ1) is 15.8. The Hall–Kier alpha value is -0.490. The first kappa shape index (κ1) is 26.6. The first-order valence-electron chi connectivity index (χ1n) is 14.1. The van der Waals surface area contributed by atoms with Gasteiger partial charge in [-0.3, -0.25) is 4.79 Å². The maximum atomic E-state index is 13.4. The fraction of sp³-hybridized carbons (Fsp3) is 0.966. The summed E-state index contributed by atoms with van der Waals surface area (Å²) in [5, 5.41) is 44.1. The summed E-state index contributed by atoms with van der Waals surface area (Å²) in [7, 11) is 0. The van der Waals surface area contributed by atoms with Crippen molar-refractivity contribution in [2.45, 2.75) is 123 Å². The zero-order valence-electron chi connectivity index (χ0n) is 22.3. The van der Waals surface area contributed by atoms with Crippen LogP contribution < -0.4 is 0 Å². The highest BCUT2D eigenvalue weighted by molar-refractivity contribution is 5.89. The Bertz CT molecular complexity index is 768. The largest absolute Gasteiger partial charge is 0.393 e. The van der Waals surface area contributed by atoms with Crippen molar-refractivity contribution in [2.24, 2.45) is 52.3 Å². The van der Waals surface area contributed by atoms with Crippen molar-refractivity contribution >= 4 is 5.78 Å². The highest BCUT2D eigenvalue weighted by Gasteiger charge is 2.67. The van der Waals surface area contributed by atoms with E-state index in [1.54, 1.807) is 0 Å². The van der Waals surface area contributed by atoms with Gasteiger partial charge in [0.25, 0.3) is 0 Å². The molecular formula is C29H50O5. The lowest BCUT2D eigenvalue weighted by atomic mass is 9.42. The van der Waals surface area contributed by atoms with Crippen LogP contribution in [0, 0.1) is 52.3 Å². The molecule has 0 radical (unpaired) electrons. The molecule has 0 aromatic heterocycles. The number of aliphatic hydroxyl groups excluding tert-OH is 3. The van der Waals surface area contributed by atoms with Gasteiger partial charge in [0.2, 0.25) is 0 Å². The summed E-state index contributed by atoms with van der Waals surface area (Å²) in [6, 6.07) is 0. The van der Waals surface area contributed by atoms with Gasteiger partial charge in [-0.25, -0.2) is 0 Å². The molecular weight excluding hydrogens is 428 g/mol. The maximum Gasteiger partial charge on any atom is 0.165 e. The van der Waals surface area contributed by atoms with Crippen LogP contribution in [0.2, 0.25) is 0 Å². The molecule has 34 heavy (non-hydrogen) atoms. The highest BCUT2D eigenvalue weighted by Crippen LogP contribution is 2.68. The molecule has 5 nitrogen and oxygen atoms in total. The van der Waals surface area contributed by atoms with Crippen LogP contribution in [-0.4, -0.2) is 50.1 Å². The molecule has 4 aliphatic rings. The van der Waals surface area contributed by atoms with Crippen LogP contribution in [-0.2, 0) is 4.79 Å². The third kappa shape index (κ3) is 3.74. The van der Waals surface area contributed by atoms with Gasteiger partial charge in [-0.1, -0.05) is 48.0 Å². The van der Waals surface area contributed by atoms with Gasteiger partial charge in [-0.15, -0.1) is 0 Å². The van der Waals surface area contributed by atoms with Gasteiger partial charge in [-0.05, 0) is 85.4 Å². The number of ketones is 1. The summed E-state index contributed by atoms with van der Waals surface area (Å²) in [5.74, 6) is 1.66. The summed E-state index contributed by atoms with van der Waals surface area (Å²) in [5.41, 5.74) is -1.81. The van der Waals surface area contributed by atoms with Gasteiger partial charge in [0.05, 0.1) is 18.3 Å². The fourth-order valence-electron chi connectivity index (χ4n) is 9.83. The Labute approximate surface area is 206 Å². The lowest BCUT2D eigenvalue weighted by Crippen LogP contribution is -2.67. The normalized spacial score (nSPS) is 48.0. The van der Waals surface area contributed by atoms with E-state index in [9.17, 15) is 25.2 Å². The van der Waals surface area contributed by atoms with Crippen molar-refractivity contribution in [3.05, 3.63) is 0 Å². The lowest BCUT2D eigenvalue weighted by molar-refractivity contribution is -0.214. The summed E-state index contributed by atoms with van der Waals surface area (Å²) < 4.78 is 0. The molecule has 0 heterocycles. The van der Waals surface area contributed by atoms with Crippen LogP contribution in [0.25, 0.3) is 0 Å². The van der Waals surface area contributed by atoms with E-state index < -0.39 is 29.3 Å². The third-order valence-electron chi connectivity index (χ3n) is 12.0. The molecule has 4 rings (SSSR count). The molecule has 4 saturated carbocycles. The molecule has 0 bridgehead atoms. The van der Waals surface area contributed by atoms with Crippen molar-refractivity contribution in [3.8, 4) is 0 Å². The van der Waals surface area contributed by atoms with Gasteiger partial charge in [0, 0.05) is 18.3 Å². The highest BCUT2D eigenvalue weighted by atomic mass is 16.3. The van der Waals surface area contributed by atoms with Crippen LogP contribution in [0.3, 0.4) is 0 Å². The topological polar surface area (TPSA) is 98.0 Å². The third-order valence-corrected chi connectivity index (χ3v) is 12.0. The van der Waals surface area contributed by atoms with E-state index in [2.05, 4.69) is 41.5 Å². The number of aliphatic hydroxyl groups is 4. The number of hydrogen-bond acceptors (Lipinski definition) is 5. The zero-order valence-corrected chi connectivity index (χ0v) is 22.3. The first-order valence-corrected chi connectivity index (χ1v) is 14.1. The van der Waals surface area contributed by atoms with E-state index in [-0.39, 0.29) is 35.4 Å². The van der Waals surface area contributed by atoms with Gasteiger partial charge < -0.3 is 20.4 Å². The van der Waals surface area contributed by atoms with Crippen molar-refractivity contribution in [1.82, 2.24) is 0 Å². The smallest absolute Gasteiger partial charge is 0.165 e. The van der Waals surface area contributed by atoms with Crippen LogP contribution in [0.15, 0.2) is 0 Å². The number of carbonyl (C=O) groups excluding carboxylic acids is 1. The lowest BCUT2D eigenvalue weighted by Gasteiger charge is -2.63. The van der Waals surface area contributed by atoms with Crippen molar-refractivity contribution < 1.29 is 25.2 Å². The van der Waals surface area contributed by atoms with Gasteiger partial charge >= 0.3 is 0 Å². The molecule has 0 aromatic rings. The summed E-state index contributed by atoms with van der Waals surface area (Å²) >= 11 is 0. The Morgan fingerprint density at radius 3 is 2.26 bits per heavy atom. The minimum atomic E-state index is -1.39. The van der Waals surface area contributed by atoms with Crippen LogP contribution in [0.4, 0.5) is 0 Å². The second-order valence-corrected chi connectivity index (χ2v) is 13.6. The Morgan fingerprint density at radius 2 is 1.65 bits per heavy atom. The molecule has 4 aliphatic carbocycles. The van der Waals surface area contributed by atoms with Gasteiger partial charge in [-0.2, -0.15) is 0 Å². The summed E-state index contributed by atoms with van der Waals surface area (Å²) in [4.78, 5) is 13.4. The number of Topliss-reactive ketones (excluding diaryl/α,β-unsaturated/α-hetero) is 1. The fourth-order valence-corrected chi connectivity index (χ4v) is 9.83. The maximum absolute atomic E-state index is 13.4. The Balaban J connectivity index is 1.57. The number of carbonyl (C=O) groups is 1. The van der Waals surface area contributed by atoms with Crippen LogP contribution in [0.1, 0.15) is 99.3 Å². The molecule has 0 saturated heterocycles. The quantitative estimate of drug-likeness (QED) is 0.455. The van der Waals surface area contributed by atoms with Crippen LogP contribution >= 0.6 is 0 Å². The molecule has 12 atom stereocenters. The molecule has 0 aromatic carbocycles.